The highest BCUT2D eigenvalue weighted by molar-refractivity contribution is 7.71. The summed E-state index contributed by atoms with van der Waals surface area (Å²) in [5.41, 5.74) is 0.874. The lowest BCUT2D eigenvalue weighted by atomic mass is 10.2. The van der Waals surface area contributed by atoms with Crippen LogP contribution in [0.2, 0.25) is 0 Å². The second-order valence-electron chi connectivity index (χ2n) is 3.58. The van der Waals surface area contributed by atoms with E-state index < -0.39 is 0 Å². The molecule has 84 valence electrons. The topological polar surface area (TPSA) is 41.8 Å². The summed E-state index contributed by atoms with van der Waals surface area (Å²) in [7, 11) is 0. The number of hydrogen-bond acceptors (Lipinski definition) is 3. The van der Waals surface area contributed by atoms with Gasteiger partial charge in [0.05, 0.1) is 12.4 Å². The molecule has 3 rings (SSSR count). The molecule has 0 radical (unpaired) electrons. The van der Waals surface area contributed by atoms with E-state index in [1.165, 1.54) is 12.3 Å². The Hall–Kier alpha value is -2.01. The number of para-hydroxylation sites is 1. The lowest BCUT2D eigenvalue weighted by molar-refractivity contribution is 0.567. The van der Waals surface area contributed by atoms with Gasteiger partial charge in [-0.1, -0.05) is 24.4 Å². The van der Waals surface area contributed by atoms with Gasteiger partial charge in [0.15, 0.2) is 17.2 Å². The van der Waals surface area contributed by atoms with Crippen LogP contribution in [0.25, 0.3) is 22.4 Å². The third kappa shape index (κ3) is 1.74. The number of furan rings is 1. The second kappa shape index (κ2) is 3.78. The zero-order valence-electron chi connectivity index (χ0n) is 8.61. The van der Waals surface area contributed by atoms with Crippen molar-refractivity contribution in [1.82, 2.24) is 9.97 Å². The third-order valence-electron chi connectivity index (χ3n) is 2.41. The fraction of sp³-hybridized carbons (Fsp3) is 0. The molecule has 0 aliphatic heterocycles. The minimum atomic E-state index is -0.378. The highest BCUT2D eigenvalue weighted by Gasteiger charge is 2.09. The van der Waals surface area contributed by atoms with E-state index in [0.717, 1.165) is 0 Å². The monoisotopic (exact) mass is 246 g/mol. The van der Waals surface area contributed by atoms with Gasteiger partial charge in [0.1, 0.15) is 10.3 Å². The normalized spacial score (nSPS) is 10.9. The molecule has 2 aromatic heterocycles. The number of hydrogen-bond donors (Lipinski definition) is 1. The number of fused-ring (bicyclic) bond motifs is 1. The Bertz CT molecular complexity index is 747. The molecule has 0 bridgehead atoms. The lowest BCUT2D eigenvalue weighted by Crippen LogP contribution is -1.83. The predicted molar refractivity (Wildman–Crippen MR) is 64.6 cm³/mol. The Morgan fingerprint density at radius 3 is 2.94 bits per heavy atom. The van der Waals surface area contributed by atoms with Crippen molar-refractivity contribution in [3.05, 3.63) is 47.1 Å². The van der Waals surface area contributed by atoms with Crippen LogP contribution in [0.3, 0.4) is 0 Å². The number of aromatic nitrogens is 2. The number of halogens is 1. The van der Waals surface area contributed by atoms with Crippen molar-refractivity contribution < 1.29 is 8.81 Å². The zero-order chi connectivity index (χ0) is 11.8. The Balaban J connectivity index is 2.25. The fourth-order valence-electron chi connectivity index (χ4n) is 1.66. The maximum Gasteiger partial charge on any atom is 0.170 e. The number of nitrogens with zero attached hydrogens (tertiary/aromatic N) is 1. The Morgan fingerprint density at radius 1 is 1.29 bits per heavy atom. The fourth-order valence-corrected chi connectivity index (χ4v) is 1.83. The summed E-state index contributed by atoms with van der Waals surface area (Å²) in [5.74, 6) is 0.139. The number of benzene rings is 1. The number of H-pyrrole nitrogens is 1. The quantitative estimate of drug-likeness (QED) is 0.666. The van der Waals surface area contributed by atoms with Crippen LogP contribution in [0.1, 0.15) is 0 Å². The largest absolute Gasteiger partial charge is 0.451 e. The minimum absolute atomic E-state index is 0.241. The molecule has 0 fully saturated rings. The summed E-state index contributed by atoms with van der Waals surface area (Å²) < 4.78 is 19.4. The standard InChI is InChI=1S/C12H7FN2OS/c13-8-3-1-2-7-4-10(16-12(7)8)9-5-14-6-11(17)15-9/h1-6H,(H,15,17). The number of aromatic amines is 1. The highest BCUT2D eigenvalue weighted by Crippen LogP contribution is 2.27. The van der Waals surface area contributed by atoms with Gasteiger partial charge in [-0.15, -0.1) is 0 Å². The maximum absolute atomic E-state index is 13.5. The maximum atomic E-state index is 13.5. The second-order valence-corrected chi connectivity index (χ2v) is 4.02. The molecular formula is C12H7FN2OS. The summed E-state index contributed by atoms with van der Waals surface area (Å²) >= 11 is 4.97. The van der Waals surface area contributed by atoms with Gasteiger partial charge in [0, 0.05) is 5.39 Å². The van der Waals surface area contributed by atoms with E-state index in [-0.39, 0.29) is 11.4 Å². The van der Waals surface area contributed by atoms with Crippen LogP contribution in [0, 0.1) is 10.5 Å². The van der Waals surface area contributed by atoms with Crippen LogP contribution in [0.5, 0.6) is 0 Å². The molecule has 0 aliphatic rings. The SMILES string of the molecule is Fc1cccc2cc(-c3cncc(=S)[nH]3)oc12. The molecule has 1 aromatic carbocycles. The van der Waals surface area contributed by atoms with Gasteiger partial charge in [0.25, 0.3) is 0 Å². The average Bonchev–Trinajstić information content (AvgIpc) is 2.74. The van der Waals surface area contributed by atoms with Crippen LogP contribution in [-0.2, 0) is 0 Å². The molecule has 3 aromatic rings. The van der Waals surface area contributed by atoms with E-state index >= 15 is 0 Å². The van der Waals surface area contributed by atoms with Crippen LogP contribution in [0.4, 0.5) is 4.39 Å². The molecule has 0 atom stereocenters. The summed E-state index contributed by atoms with van der Waals surface area (Å²) in [4.78, 5) is 6.90. The van der Waals surface area contributed by atoms with Crippen molar-refractivity contribution in [3.63, 3.8) is 0 Å². The van der Waals surface area contributed by atoms with E-state index in [0.29, 0.717) is 21.5 Å². The number of rotatable bonds is 1. The van der Waals surface area contributed by atoms with Crippen molar-refractivity contribution >= 4 is 23.2 Å². The van der Waals surface area contributed by atoms with Crippen molar-refractivity contribution in [3.8, 4) is 11.5 Å². The van der Waals surface area contributed by atoms with Crippen molar-refractivity contribution in [1.29, 1.82) is 0 Å². The van der Waals surface area contributed by atoms with Crippen LogP contribution < -0.4 is 0 Å². The van der Waals surface area contributed by atoms with Crippen molar-refractivity contribution in [2.75, 3.05) is 0 Å². The minimum Gasteiger partial charge on any atom is -0.451 e. The van der Waals surface area contributed by atoms with Crippen molar-refractivity contribution in [2.45, 2.75) is 0 Å². The molecule has 0 saturated heterocycles. The van der Waals surface area contributed by atoms with E-state index in [9.17, 15) is 4.39 Å². The molecule has 0 spiro atoms. The van der Waals surface area contributed by atoms with Crippen molar-refractivity contribution in [2.24, 2.45) is 0 Å². The highest BCUT2D eigenvalue weighted by atomic mass is 32.1. The van der Waals surface area contributed by atoms with Gasteiger partial charge in [-0.05, 0) is 12.1 Å². The van der Waals surface area contributed by atoms with E-state index in [4.69, 9.17) is 16.6 Å². The summed E-state index contributed by atoms with van der Waals surface area (Å²) in [6.07, 6.45) is 3.12. The van der Waals surface area contributed by atoms with Crippen LogP contribution >= 0.6 is 12.2 Å². The molecule has 1 N–H and O–H groups in total. The molecule has 17 heavy (non-hydrogen) atoms. The first-order valence-electron chi connectivity index (χ1n) is 4.97. The van der Waals surface area contributed by atoms with Gasteiger partial charge in [0.2, 0.25) is 0 Å². The predicted octanol–water partition coefficient (Wildman–Crippen LogP) is 3.69. The van der Waals surface area contributed by atoms with Gasteiger partial charge in [-0.3, -0.25) is 4.98 Å². The Labute approximate surface area is 101 Å². The molecule has 0 amide bonds. The molecular weight excluding hydrogens is 239 g/mol. The summed E-state index contributed by atoms with van der Waals surface area (Å²) in [5, 5.41) is 0.711. The smallest absolute Gasteiger partial charge is 0.170 e. The zero-order valence-corrected chi connectivity index (χ0v) is 9.42. The molecule has 2 heterocycles. The van der Waals surface area contributed by atoms with Gasteiger partial charge >= 0.3 is 0 Å². The average molecular weight is 246 g/mol. The van der Waals surface area contributed by atoms with E-state index in [1.54, 1.807) is 24.4 Å². The summed E-state index contributed by atoms with van der Waals surface area (Å²) in [6.45, 7) is 0. The Kier molecular flexibility index (Phi) is 2.26. The Morgan fingerprint density at radius 2 is 2.18 bits per heavy atom. The molecule has 5 heteroatoms. The van der Waals surface area contributed by atoms with Gasteiger partial charge in [-0.2, -0.15) is 0 Å². The van der Waals surface area contributed by atoms with E-state index in [2.05, 4.69) is 9.97 Å². The molecule has 0 aliphatic carbocycles. The molecule has 0 unspecified atom stereocenters. The van der Waals surface area contributed by atoms with Gasteiger partial charge < -0.3 is 9.40 Å². The van der Waals surface area contributed by atoms with Gasteiger partial charge in [-0.25, -0.2) is 4.39 Å². The first-order valence-corrected chi connectivity index (χ1v) is 5.37. The number of nitrogens with one attached hydrogen (secondary N) is 1. The van der Waals surface area contributed by atoms with E-state index in [1.807, 2.05) is 0 Å². The van der Waals surface area contributed by atoms with Crippen LogP contribution in [0.15, 0.2) is 41.1 Å². The molecule has 0 saturated carbocycles. The first-order chi connectivity index (χ1) is 8.24. The van der Waals surface area contributed by atoms with Crippen LogP contribution in [-0.4, -0.2) is 9.97 Å². The molecule has 3 nitrogen and oxygen atoms in total. The third-order valence-corrected chi connectivity index (χ3v) is 2.62. The summed E-state index contributed by atoms with van der Waals surface area (Å²) in [6, 6.07) is 6.54. The first kappa shape index (κ1) is 10.2. The lowest BCUT2D eigenvalue weighted by Gasteiger charge is -1.94.